The molecule has 0 heterocycles. The standard InChI is InChI=1S/C16H22N2O4.C15H20N2O4/c1-10(15(21)22-5)17-13(19)14(20)18-12-9-7-6-8-11(12)16(2,3)4;1-9(14(20)21)16-12(18)13(19)17-11-8-6-5-7-10(11)15(2,3)4/h6-10H,1-5H3,(H,17,19)(H,18,20);5-9H,1-4H3,(H,16,18)(H,17,19)(H,20,21). The second-order valence-corrected chi connectivity index (χ2v) is 11.8. The van der Waals surface area contributed by atoms with Gasteiger partial charge in [-0.05, 0) is 47.9 Å². The number of carbonyl (C=O) groups excluding carboxylic acids is 5. The number of hydrogen-bond acceptors (Lipinski definition) is 7. The lowest BCUT2D eigenvalue weighted by molar-refractivity contribution is -0.145. The van der Waals surface area contributed by atoms with Crippen molar-refractivity contribution in [1.82, 2.24) is 10.6 Å². The molecule has 0 aliphatic carbocycles. The van der Waals surface area contributed by atoms with Gasteiger partial charge in [0, 0.05) is 11.4 Å². The largest absolute Gasteiger partial charge is 0.480 e. The van der Waals surface area contributed by atoms with E-state index in [-0.39, 0.29) is 10.8 Å². The normalized spacial score (nSPS) is 12.3. The first-order valence-corrected chi connectivity index (χ1v) is 13.5. The van der Waals surface area contributed by atoms with Crippen molar-refractivity contribution in [2.24, 2.45) is 0 Å². The monoisotopic (exact) mass is 598 g/mol. The van der Waals surface area contributed by atoms with E-state index in [9.17, 15) is 28.8 Å². The summed E-state index contributed by atoms with van der Waals surface area (Å²) in [5, 5.41) is 18.2. The van der Waals surface area contributed by atoms with Crippen molar-refractivity contribution in [3.05, 3.63) is 59.7 Å². The summed E-state index contributed by atoms with van der Waals surface area (Å²) in [5.41, 5.74) is 2.53. The second-order valence-electron chi connectivity index (χ2n) is 11.8. The fourth-order valence-corrected chi connectivity index (χ4v) is 3.67. The van der Waals surface area contributed by atoms with Crippen LogP contribution in [0, 0.1) is 0 Å². The first-order chi connectivity index (χ1) is 19.8. The number of nitrogens with one attached hydrogen (secondary N) is 4. The quantitative estimate of drug-likeness (QED) is 0.248. The number of rotatable bonds is 6. The summed E-state index contributed by atoms with van der Waals surface area (Å²) >= 11 is 0. The first-order valence-electron chi connectivity index (χ1n) is 13.5. The van der Waals surface area contributed by atoms with Crippen LogP contribution in [0.25, 0.3) is 0 Å². The Bertz CT molecular complexity index is 1340. The molecular formula is C31H42N4O8. The lowest BCUT2D eigenvalue weighted by Crippen LogP contribution is -2.44. The molecule has 0 aliphatic heterocycles. The molecule has 4 amide bonds. The number of esters is 1. The van der Waals surface area contributed by atoms with Crippen LogP contribution >= 0.6 is 0 Å². The molecule has 2 aromatic rings. The molecule has 2 unspecified atom stereocenters. The Morgan fingerprint density at radius 1 is 0.628 bits per heavy atom. The predicted molar refractivity (Wildman–Crippen MR) is 162 cm³/mol. The minimum absolute atomic E-state index is 0.181. The van der Waals surface area contributed by atoms with Crippen LogP contribution in [0.4, 0.5) is 11.4 Å². The van der Waals surface area contributed by atoms with Gasteiger partial charge < -0.3 is 31.1 Å². The molecule has 0 spiro atoms. The van der Waals surface area contributed by atoms with E-state index in [0.29, 0.717) is 11.4 Å². The van der Waals surface area contributed by atoms with Gasteiger partial charge >= 0.3 is 35.6 Å². The molecule has 0 aliphatic rings. The fraction of sp³-hybridized carbons (Fsp3) is 0.419. The zero-order valence-corrected chi connectivity index (χ0v) is 26.1. The average Bonchev–Trinajstić information content (AvgIpc) is 2.92. The van der Waals surface area contributed by atoms with E-state index in [1.165, 1.54) is 21.0 Å². The molecule has 0 aromatic heterocycles. The highest BCUT2D eigenvalue weighted by atomic mass is 16.5. The van der Waals surface area contributed by atoms with Crippen molar-refractivity contribution < 1.29 is 38.6 Å². The highest BCUT2D eigenvalue weighted by molar-refractivity contribution is 6.40. The molecule has 0 saturated carbocycles. The summed E-state index contributed by atoms with van der Waals surface area (Å²) in [7, 11) is 1.21. The van der Waals surface area contributed by atoms with Crippen LogP contribution in [0.3, 0.4) is 0 Å². The second kappa shape index (κ2) is 15.5. The number of carbonyl (C=O) groups is 6. The minimum Gasteiger partial charge on any atom is -0.480 e. The van der Waals surface area contributed by atoms with Crippen LogP contribution < -0.4 is 21.3 Å². The van der Waals surface area contributed by atoms with E-state index in [4.69, 9.17) is 5.11 Å². The van der Waals surface area contributed by atoms with Crippen LogP contribution in [-0.2, 0) is 44.3 Å². The third-order valence-corrected chi connectivity index (χ3v) is 6.00. The molecule has 43 heavy (non-hydrogen) atoms. The Hall–Kier alpha value is -4.74. The van der Waals surface area contributed by atoms with Crippen molar-refractivity contribution in [2.45, 2.75) is 78.3 Å². The van der Waals surface area contributed by atoms with Crippen LogP contribution in [-0.4, -0.2) is 59.9 Å². The van der Waals surface area contributed by atoms with Gasteiger partial charge in [0.25, 0.3) is 0 Å². The molecule has 0 fully saturated rings. The number of amides is 4. The minimum atomic E-state index is -1.20. The summed E-state index contributed by atoms with van der Waals surface area (Å²) in [6.07, 6.45) is 0. The van der Waals surface area contributed by atoms with Gasteiger partial charge in [-0.2, -0.15) is 0 Å². The Kier molecular flexibility index (Phi) is 13.1. The molecule has 12 nitrogen and oxygen atoms in total. The number of para-hydroxylation sites is 2. The van der Waals surface area contributed by atoms with E-state index in [0.717, 1.165) is 11.1 Å². The Balaban J connectivity index is 0.000000430. The SMILES string of the molecule is CC(NC(=O)C(=O)Nc1ccccc1C(C)(C)C)C(=O)O.COC(=O)C(C)NC(=O)C(=O)Nc1ccccc1C(C)(C)C. The molecule has 0 radical (unpaired) electrons. The number of ether oxygens (including phenoxy) is 1. The van der Waals surface area contributed by atoms with Crippen molar-refractivity contribution >= 4 is 46.9 Å². The van der Waals surface area contributed by atoms with Gasteiger partial charge in [-0.1, -0.05) is 77.9 Å². The number of carboxylic acid groups (broad SMARTS) is 1. The van der Waals surface area contributed by atoms with E-state index in [1.54, 1.807) is 24.3 Å². The van der Waals surface area contributed by atoms with Crippen LogP contribution in [0.15, 0.2) is 48.5 Å². The first kappa shape index (κ1) is 36.3. The zero-order valence-electron chi connectivity index (χ0n) is 26.1. The maximum atomic E-state index is 12.0. The van der Waals surface area contributed by atoms with Crippen molar-refractivity contribution in [3.8, 4) is 0 Å². The van der Waals surface area contributed by atoms with Crippen LogP contribution in [0.5, 0.6) is 0 Å². The van der Waals surface area contributed by atoms with Gasteiger partial charge in [0.05, 0.1) is 7.11 Å². The molecule has 5 N–H and O–H groups in total. The highest BCUT2D eigenvalue weighted by Crippen LogP contribution is 2.30. The van der Waals surface area contributed by atoms with Gasteiger partial charge in [-0.15, -0.1) is 0 Å². The molecule has 0 saturated heterocycles. The third kappa shape index (κ3) is 11.6. The predicted octanol–water partition coefficient (Wildman–Crippen LogP) is 3.11. The van der Waals surface area contributed by atoms with Gasteiger partial charge in [0.2, 0.25) is 0 Å². The van der Waals surface area contributed by atoms with E-state index in [1.807, 2.05) is 65.8 Å². The summed E-state index contributed by atoms with van der Waals surface area (Å²) in [5.74, 6) is -5.40. The number of benzene rings is 2. The smallest absolute Gasteiger partial charge is 0.328 e. The molecule has 2 rings (SSSR count). The average molecular weight is 599 g/mol. The summed E-state index contributed by atoms with van der Waals surface area (Å²) in [4.78, 5) is 69.1. The van der Waals surface area contributed by atoms with Gasteiger partial charge in [-0.3, -0.25) is 24.0 Å². The van der Waals surface area contributed by atoms with E-state index < -0.39 is 47.7 Å². The summed E-state index contributed by atoms with van der Waals surface area (Å²) in [6.45, 7) is 14.7. The third-order valence-electron chi connectivity index (χ3n) is 6.00. The zero-order chi connectivity index (χ0) is 33.1. The van der Waals surface area contributed by atoms with E-state index in [2.05, 4.69) is 26.0 Å². The molecular weight excluding hydrogens is 556 g/mol. The number of methoxy groups -OCH3 is 1. The number of aliphatic carboxylic acids is 1. The van der Waals surface area contributed by atoms with E-state index >= 15 is 0 Å². The van der Waals surface area contributed by atoms with Gasteiger partial charge in [0.1, 0.15) is 12.1 Å². The topological polar surface area (TPSA) is 180 Å². The summed E-state index contributed by atoms with van der Waals surface area (Å²) < 4.78 is 4.49. The molecule has 0 bridgehead atoms. The number of anilines is 2. The van der Waals surface area contributed by atoms with Gasteiger partial charge in [0.15, 0.2) is 0 Å². The lowest BCUT2D eigenvalue weighted by Gasteiger charge is -2.23. The molecule has 234 valence electrons. The Morgan fingerprint density at radius 2 is 0.977 bits per heavy atom. The number of carboxylic acids is 1. The van der Waals surface area contributed by atoms with Crippen LogP contribution in [0.2, 0.25) is 0 Å². The maximum Gasteiger partial charge on any atom is 0.328 e. The van der Waals surface area contributed by atoms with Crippen LogP contribution in [0.1, 0.15) is 66.5 Å². The molecule has 12 heteroatoms. The maximum absolute atomic E-state index is 12.0. The van der Waals surface area contributed by atoms with Crippen molar-refractivity contribution in [1.29, 1.82) is 0 Å². The van der Waals surface area contributed by atoms with Gasteiger partial charge in [-0.25, -0.2) is 4.79 Å². The molecule has 2 aromatic carbocycles. The Morgan fingerprint density at radius 3 is 1.30 bits per heavy atom. The van der Waals surface area contributed by atoms with Crippen molar-refractivity contribution in [3.63, 3.8) is 0 Å². The molecule has 2 atom stereocenters. The lowest BCUT2D eigenvalue weighted by atomic mass is 9.86. The number of hydrogen-bond donors (Lipinski definition) is 5. The fourth-order valence-electron chi connectivity index (χ4n) is 3.67. The summed E-state index contributed by atoms with van der Waals surface area (Å²) in [6, 6.07) is 12.4. The Labute approximate surface area is 252 Å². The highest BCUT2D eigenvalue weighted by Gasteiger charge is 2.25. The van der Waals surface area contributed by atoms with Crippen molar-refractivity contribution in [2.75, 3.05) is 17.7 Å².